The normalized spacial score (nSPS) is 19.5. The largest absolute Gasteiger partial charge is 0.457 e. The number of nitrogens with zero attached hydrogens (tertiary/aromatic N) is 1. The summed E-state index contributed by atoms with van der Waals surface area (Å²) >= 11 is 0. The predicted molar refractivity (Wildman–Crippen MR) is 65.6 cm³/mol. The molecule has 17 heavy (non-hydrogen) atoms. The van der Waals surface area contributed by atoms with E-state index in [0.29, 0.717) is 6.54 Å². The van der Waals surface area contributed by atoms with E-state index < -0.39 is 0 Å². The molecule has 1 aromatic carbocycles. The minimum Gasteiger partial charge on any atom is -0.457 e. The summed E-state index contributed by atoms with van der Waals surface area (Å²) in [7, 11) is 0. The van der Waals surface area contributed by atoms with Gasteiger partial charge in [-0.2, -0.15) is 0 Å². The van der Waals surface area contributed by atoms with Crippen molar-refractivity contribution in [3.63, 3.8) is 0 Å². The molecular formula is C14H13NO2. The zero-order valence-corrected chi connectivity index (χ0v) is 9.37. The van der Waals surface area contributed by atoms with Crippen molar-refractivity contribution in [1.82, 2.24) is 4.57 Å². The van der Waals surface area contributed by atoms with Crippen molar-refractivity contribution < 1.29 is 9.53 Å². The van der Waals surface area contributed by atoms with Gasteiger partial charge in [-0.25, -0.2) is 4.79 Å². The Morgan fingerprint density at radius 2 is 2.18 bits per heavy atom. The smallest absolute Gasteiger partial charge is 0.330 e. The van der Waals surface area contributed by atoms with Crippen molar-refractivity contribution in [2.45, 2.75) is 19.1 Å². The maximum absolute atomic E-state index is 11.1. The molecule has 0 aliphatic carbocycles. The van der Waals surface area contributed by atoms with Crippen molar-refractivity contribution in [2.24, 2.45) is 0 Å². The van der Waals surface area contributed by atoms with E-state index >= 15 is 0 Å². The first kappa shape index (κ1) is 10.1. The Kier molecular flexibility index (Phi) is 2.44. The zero-order chi connectivity index (χ0) is 11.7. The number of rotatable bonds is 2. The number of esters is 1. The topological polar surface area (TPSA) is 31.2 Å². The van der Waals surface area contributed by atoms with E-state index in [1.807, 2.05) is 24.4 Å². The number of fused-ring (bicyclic) bond motifs is 1. The molecule has 0 spiro atoms. The first-order valence-electron chi connectivity index (χ1n) is 5.74. The molecule has 0 radical (unpaired) electrons. The molecule has 3 nitrogen and oxygen atoms in total. The maximum Gasteiger partial charge on any atom is 0.330 e. The third-order valence-electron chi connectivity index (χ3n) is 3.02. The van der Waals surface area contributed by atoms with E-state index in [-0.39, 0.29) is 12.1 Å². The van der Waals surface area contributed by atoms with Crippen molar-refractivity contribution in [3.8, 4) is 0 Å². The quantitative estimate of drug-likeness (QED) is 0.738. The number of benzene rings is 1. The zero-order valence-electron chi connectivity index (χ0n) is 9.37. The molecule has 0 bridgehead atoms. The highest BCUT2D eigenvalue weighted by Crippen LogP contribution is 2.18. The fourth-order valence-electron chi connectivity index (χ4n) is 2.20. The average Bonchev–Trinajstić information content (AvgIpc) is 2.73. The lowest BCUT2D eigenvalue weighted by molar-refractivity contribution is -0.144. The first-order valence-corrected chi connectivity index (χ1v) is 5.74. The van der Waals surface area contributed by atoms with Crippen molar-refractivity contribution in [3.05, 3.63) is 48.7 Å². The van der Waals surface area contributed by atoms with E-state index in [0.717, 1.165) is 6.42 Å². The summed E-state index contributed by atoms with van der Waals surface area (Å²) in [5, 5.41) is 1.21. The Labute approximate surface area is 99.3 Å². The lowest BCUT2D eigenvalue weighted by Gasteiger charge is -2.19. The van der Waals surface area contributed by atoms with Crippen LogP contribution < -0.4 is 0 Å². The van der Waals surface area contributed by atoms with Gasteiger partial charge >= 0.3 is 5.97 Å². The van der Waals surface area contributed by atoms with Crippen LogP contribution in [0.25, 0.3) is 10.9 Å². The van der Waals surface area contributed by atoms with Gasteiger partial charge in [0.2, 0.25) is 0 Å². The molecule has 0 unspecified atom stereocenters. The molecule has 0 amide bonds. The summed E-state index contributed by atoms with van der Waals surface area (Å²) in [6.07, 6.45) is 6.14. The molecule has 86 valence electrons. The van der Waals surface area contributed by atoms with Crippen molar-refractivity contribution in [2.75, 3.05) is 0 Å². The molecule has 1 aliphatic rings. The number of hydrogen-bond acceptors (Lipinski definition) is 2. The van der Waals surface area contributed by atoms with E-state index in [4.69, 9.17) is 4.74 Å². The second-order valence-electron chi connectivity index (χ2n) is 4.22. The minimum absolute atomic E-state index is 0.0525. The van der Waals surface area contributed by atoms with E-state index in [1.54, 1.807) is 0 Å². The molecule has 0 N–H and O–H groups in total. The van der Waals surface area contributed by atoms with Crippen LogP contribution in [0.5, 0.6) is 0 Å². The van der Waals surface area contributed by atoms with Gasteiger partial charge in [-0.1, -0.05) is 24.3 Å². The summed E-state index contributed by atoms with van der Waals surface area (Å²) < 4.78 is 7.39. The Hall–Kier alpha value is -2.03. The van der Waals surface area contributed by atoms with Crippen LogP contribution in [0.4, 0.5) is 0 Å². The van der Waals surface area contributed by atoms with E-state index in [9.17, 15) is 4.79 Å². The Bertz CT molecular complexity index is 583. The Morgan fingerprint density at radius 3 is 3.06 bits per heavy atom. The molecule has 1 aliphatic heterocycles. The first-order chi connectivity index (χ1) is 8.33. The fraction of sp³-hybridized carbons (Fsp3) is 0.214. The molecule has 2 heterocycles. The molecule has 1 aromatic heterocycles. The van der Waals surface area contributed by atoms with Gasteiger partial charge in [0.25, 0.3) is 0 Å². The summed E-state index contributed by atoms with van der Waals surface area (Å²) in [5.41, 5.74) is 1.18. The number of aromatic nitrogens is 1. The second kappa shape index (κ2) is 4.09. The number of hydrogen-bond donors (Lipinski definition) is 0. The van der Waals surface area contributed by atoms with Crippen LogP contribution in [-0.2, 0) is 16.1 Å². The highest BCUT2D eigenvalue weighted by Gasteiger charge is 2.16. The number of ether oxygens (including phenoxy) is 1. The number of carbonyl (C=O) groups is 1. The summed E-state index contributed by atoms with van der Waals surface area (Å²) in [4.78, 5) is 11.1. The third-order valence-corrected chi connectivity index (χ3v) is 3.02. The summed E-state index contributed by atoms with van der Waals surface area (Å²) in [6, 6.07) is 10.3. The number of cyclic esters (lactones) is 1. The van der Waals surface area contributed by atoms with E-state index in [2.05, 4.69) is 22.8 Å². The summed E-state index contributed by atoms with van der Waals surface area (Å²) in [5.74, 6) is -0.238. The molecule has 0 fully saturated rings. The maximum atomic E-state index is 11.1. The number of carbonyl (C=O) groups excluding carboxylic acids is 1. The van der Waals surface area contributed by atoms with Crippen LogP contribution in [0.1, 0.15) is 6.42 Å². The number of para-hydroxylation sites is 1. The molecule has 3 rings (SSSR count). The lowest BCUT2D eigenvalue weighted by atomic mass is 10.2. The van der Waals surface area contributed by atoms with Crippen molar-refractivity contribution in [1.29, 1.82) is 0 Å². The monoisotopic (exact) mass is 227 g/mol. The van der Waals surface area contributed by atoms with Crippen LogP contribution in [0.2, 0.25) is 0 Å². The molecule has 1 atom stereocenters. The van der Waals surface area contributed by atoms with Gasteiger partial charge in [0.05, 0.1) is 6.54 Å². The molecule has 0 saturated carbocycles. The Balaban J connectivity index is 1.85. The second-order valence-corrected chi connectivity index (χ2v) is 4.22. The van der Waals surface area contributed by atoms with Gasteiger partial charge in [-0.15, -0.1) is 0 Å². The minimum atomic E-state index is -0.238. The highest BCUT2D eigenvalue weighted by molar-refractivity contribution is 5.83. The SMILES string of the molecule is O=C1C=CC[C@H](Cn2ccc3ccccc32)O1. The standard InChI is InChI=1S/C14H13NO2/c16-14-7-3-5-12(17-14)10-15-9-8-11-4-1-2-6-13(11)15/h1-4,6-9,12H,5,10H2/t12-/m1/s1. The Morgan fingerprint density at radius 1 is 1.29 bits per heavy atom. The van der Waals surface area contributed by atoms with Crippen molar-refractivity contribution >= 4 is 16.9 Å². The predicted octanol–water partition coefficient (Wildman–Crippen LogP) is 2.51. The van der Waals surface area contributed by atoms with Crippen LogP contribution in [-0.4, -0.2) is 16.6 Å². The lowest BCUT2D eigenvalue weighted by Crippen LogP contribution is -2.24. The van der Waals surface area contributed by atoms with Gasteiger partial charge in [0.1, 0.15) is 6.10 Å². The van der Waals surface area contributed by atoms with E-state index in [1.165, 1.54) is 17.0 Å². The highest BCUT2D eigenvalue weighted by atomic mass is 16.5. The van der Waals surface area contributed by atoms with Crippen LogP contribution >= 0.6 is 0 Å². The molecule has 0 saturated heterocycles. The van der Waals surface area contributed by atoms with Crippen LogP contribution in [0, 0.1) is 0 Å². The fourth-order valence-corrected chi connectivity index (χ4v) is 2.20. The van der Waals surface area contributed by atoms with Crippen LogP contribution in [0.15, 0.2) is 48.7 Å². The van der Waals surface area contributed by atoms with Gasteiger partial charge in [-0.3, -0.25) is 0 Å². The van der Waals surface area contributed by atoms with Gasteiger partial charge in [-0.05, 0) is 17.5 Å². The average molecular weight is 227 g/mol. The van der Waals surface area contributed by atoms with Gasteiger partial charge in [0, 0.05) is 24.2 Å². The van der Waals surface area contributed by atoms with Gasteiger partial charge in [0.15, 0.2) is 0 Å². The van der Waals surface area contributed by atoms with Gasteiger partial charge < -0.3 is 9.30 Å². The third kappa shape index (κ3) is 1.96. The molecular weight excluding hydrogens is 214 g/mol. The molecule has 3 heteroatoms. The van der Waals surface area contributed by atoms with Crippen LogP contribution in [0.3, 0.4) is 0 Å². The molecule has 2 aromatic rings. The summed E-state index contributed by atoms with van der Waals surface area (Å²) in [6.45, 7) is 0.712.